The van der Waals surface area contributed by atoms with Crippen molar-refractivity contribution >= 4 is 5.97 Å². The number of rotatable bonds is 2. The first-order chi connectivity index (χ1) is 16.2. The number of carboxylic acid groups (broad SMARTS) is 1. The van der Waals surface area contributed by atoms with Crippen molar-refractivity contribution in [3.63, 3.8) is 0 Å². The molecule has 5 heteroatoms. The van der Waals surface area contributed by atoms with Crippen LogP contribution in [0.25, 0.3) is 0 Å². The molecule has 35 heavy (non-hydrogen) atoms. The highest BCUT2D eigenvalue weighted by atomic mass is 16.4. The molecule has 0 aromatic carbocycles. The molecule has 5 aliphatic rings. The fourth-order valence-corrected chi connectivity index (χ4v) is 11.0. The number of hydrogen-bond acceptors (Lipinski definition) is 4. The maximum Gasteiger partial charge on any atom is 0.310 e. The molecule has 0 bridgehead atoms. The zero-order valence-electron chi connectivity index (χ0n) is 22.7. The second-order valence-corrected chi connectivity index (χ2v) is 14.5. The molecular weight excluding hydrogens is 440 g/mol. The Bertz CT molecular complexity index is 930. The van der Waals surface area contributed by atoms with E-state index in [1.807, 2.05) is 6.92 Å². The van der Waals surface area contributed by atoms with E-state index < -0.39 is 29.0 Å². The van der Waals surface area contributed by atoms with E-state index in [2.05, 4.69) is 40.7 Å². The third-order valence-corrected chi connectivity index (χ3v) is 13.4. The van der Waals surface area contributed by atoms with Crippen LogP contribution in [-0.4, -0.2) is 45.2 Å². The topological polar surface area (TPSA) is 98.0 Å². The third-order valence-electron chi connectivity index (χ3n) is 13.4. The summed E-state index contributed by atoms with van der Waals surface area (Å²) in [6, 6.07) is 0. The van der Waals surface area contributed by atoms with E-state index in [4.69, 9.17) is 0 Å². The lowest BCUT2D eigenvalue weighted by Crippen LogP contribution is -2.69. The van der Waals surface area contributed by atoms with Crippen molar-refractivity contribution in [1.29, 1.82) is 0 Å². The monoisotopic (exact) mass is 488 g/mol. The number of carbonyl (C=O) groups is 1. The fourth-order valence-electron chi connectivity index (χ4n) is 11.0. The summed E-state index contributed by atoms with van der Waals surface area (Å²) in [5, 5.41) is 43.7. The quantitative estimate of drug-likeness (QED) is 0.409. The number of carboxylic acids is 1. The Kier molecular flexibility index (Phi) is 5.73. The zero-order valence-corrected chi connectivity index (χ0v) is 22.7. The van der Waals surface area contributed by atoms with Gasteiger partial charge in [0.1, 0.15) is 0 Å². The van der Waals surface area contributed by atoms with Crippen molar-refractivity contribution in [1.82, 2.24) is 0 Å². The zero-order chi connectivity index (χ0) is 25.8. The third kappa shape index (κ3) is 2.95. The number of aliphatic carboxylic acids is 1. The maximum atomic E-state index is 12.8. The van der Waals surface area contributed by atoms with Gasteiger partial charge in [0.15, 0.2) is 0 Å². The number of hydrogen-bond donors (Lipinski definition) is 4. The van der Waals surface area contributed by atoms with Crippen molar-refractivity contribution in [3.05, 3.63) is 11.6 Å². The average Bonchev–Trinajstić information content (AvgIpc) is 2.79. The molecule has 0 aromatic rings. The number of fused-ring (bicyclic) bond motifs is 7. The van der Waals surface area contributed by atoms with Crippen LogP contribution in [-0.2, 0) is 4.79 Å². The Morgan fingerprint density at radius 2 is 1.71 bits per heavy atom. The van der Waals surface area contributed by atoms with Gasteiger partial charge in [0, 0.05) is 11.3 Å². The smallest absolute Gasteiger partial charge is 0.310 e. The SMILES string of the molecule is CC1CC[C@@]2(C(=O)O)CC[C@]3(C)C(=CCC4[C@@]5(C)CC[C@H](O)C(C)(CO)C5[C@H](O)C[C@]43C)C2C1C. The second kappa shape index (κ2) is 7.80. The van der Waals surface area contributed by atoms with Gasteiger partial charge in [-0.15, -0.1) is 0 Å². The van der Waals surface area contributed by atoms with Crippen LogP contribution in [0.5, 0.6) is 0 Å². The lowest BCUT2D eigenvalue weighted by atomic mass is 9.33. The predicted molar refractivity (Wildman–Crippen MR) is 135 cm³/mol. The number of aliphatic hydroxyl groups is 3. The minimum Gasteiger partial charge on any atom is -0.481 e. The van der Waals surface area contributed by atoms with Gasteiger partial charge in [-0.25, -0.2) is 0 Å². The molecule has 6 unspecified atom stereocenters. The van der Waals surface area contributed by atoms with Gasteiger partial charge >= 0.3 is 5.97 Å². The first-order valence-corrected chi connectivity index (χ1v) is 14.1. The Morgan fingerprint density at radius 1 is 1.03 bits per heavy atom. The lowest BCUT2D eigenvalue weighted by Gasteiger charge is -2.72. The summed E-state index contributed by atoms with van der Waals surface area (Å²) in [5.41, 5.74) is -0.529. The summed E-state index contributed by atoms with van der Waals surface area (Å²) in [5.74, 6) is 0.432. The molecular formula is C30H48O5. The minimum atomic E-state index is -0.711. The van der Waals surface area contributed by atoms with Crippen molar-refractivity contribution < 1.29 is 25.2 Å². The molecule has 4 N–H and O–H groups in total. The van der Waals surface area contributed by atoms with Crippen LogP contribution < -0.4 is 0 Å². The van der Waals surface area contributed by atoms with Crippen LogP contribution in [0, 0.1) is 56.7 Å². The number of aliphatic hydroxyl groups excluding tert-OH is 3. The molecule has 0 aromatic heterocycles. The molecule has 0 amide bonds. The molecule has 0 aliphatic heterocycles. The van der Waals surface area contributed by atoms with E-state index in [9.17, 15) is 25.2 Å². The van der Waals surface area contributed by atoms with Gasteiger partial charge in [0.2, 0.25) is 0 Å². The Morgan fingerprint density at radius 3 is 2.34 bits per heavy atom. The Hall–Kier alpha value is -0.910. The van der Waals surface area contributed by atoms with E-state index in [-0.39, 0.29) is 34.7 Å². The van der Waals surface area contributed by atoms with Gasteiger partial charge < -0.3 is 20.4 Å². The fraction of sp³-hybridized carbons (Fsp3) is 0.900. The molecule has 0 spiro atoms. The largest absolute Gasteiger partial charge is 0.481 e. The van der Waals surface area contributed by atoms with E-state index in [0.29, 0.717) is 37.0 Å². The number of allylic oxidation sites excluding steroid dienone is 2. The molecule has 198 valence electrons. The van der Waals surface area contributed by atoms with E-state index in [0.717, 1.165) is 32.1 Å². The summed E-state index contributed by atoms with van der Waals surface area (Å²) < 4.78 is 0. The normalized spacial score (nSPS) is 57.7. The van der Waals surface area contributed by atoms with E-state index in [1.54, 1.807) is 0 Å². The molecule has 0 radical (unpaired) electrons. The van der Waals surface area contributed by atoms with Crippen LogP contribution in [0.15, 0.2) is 11.6 Å². The van der Waals surface area contributed by atoms with Crippen LogP contribution in [0.1, 0.15) is 92.9 Å². The summed E-state index contributed by atoms with van der Waals surface area (Å²) >= 11 is 0. The standard InChI is InChI=1S/C30H48O5/c1-17-9-12-30(25(34)35)14-13-28(5)19(23(30)18(17)2)7-8-21-26(3)11-10-22(33)27(4,16-31)24(26)20(32)15-29(21,28)6/h7,17-18,20-24,31-33H,8-16H2,1-6H3,(H,34,35)/t17?,18?,20-,21?,22+,23?,24?,26-,27?,28-,29-,30-/m1/s1. The van der Waals surface area contributed by atoms with Gasteiger partial charge in [-0.2, -0.15) is 0 Å². The molecule has 5 rings (SSSR count). The van der Waals surface area contributed by atoms with Crippen LogP contribution in [0.4, 0.5) is 0 Å². The molecule has 5 nitrogen and oxygen atoms in total. The molecule has 12 atom stereocenters. The predicted octanol–water partition coefficient (Wildman–Crippen LogP) is 5.03. The molecule has 4 saturated carbocycles. The Balaban J connectivity index is 1.64. The molecule has 5 aliphatic carbocycles. The van der Waals surface area contributed by atoms with Gasteiger partial charge in [-0.05, 0) is 91.3 Å². The van der Waals surface area contributed by atoms with E-state index in [1.165, 1.54) is 5.57 Å². The van der Waals surface area contributed by atoms with Crippen molar-refractivity contribution in [2.75, 3.05) is 6.61 Å². The first-order valence-electron chi connectivity index (χ1n) is 14.1. The maximum absolute atomic E-state index is 12.8. The van der Waals surface area contributed by atoms with Crippen LogP contribution >= 0.6 is 0 Å². The lowest BCUT2D eigenvalue weighted by molar-refractivity contribution is -0.252. The first kappa shape index (κ1) is 25.7. The summed E-state index contributed by atoms with van der Waals surface area (Å²) in [6.45, 7) is 13.5. The van der Waals surface area contributed by atoms with Crippen LogP contribution in [0.2, 0.25) is 0 Å². The van der Waals surface area contributed by atoms with Crippen molar-refractivity contribution in [2.45, 2.75) is 105 Å². The molecule has 0 saturated heterocycles. The second-order valence-electron chi connectivity index (χ2n) is 14.5. The summed E-state index contributed by atoms with van der Waals surface area (Å²) in [7, 11) is 0. The highest BCUT2D eigenvalue weighted by Gasteiger charge is 2.71. The summed E-state index contributed by atoms with van der Waals surface area (Å²) in [4.78, 5) is 12.8. The summed E-state index contributed by atoms with van der Waals surface area (Å²) in [6.07, 6.45) is 7.57. The van der Waals surface area contributed by atoms with Gasteiger partial charge in [-0.1, -0.05) is 53.2 Å². The van der Waals surface area contributed by atoms with Crippen LogP contribution in [0.3, 0.4) is 0 Å². The van der Waals surface area contributed by atoms with Gasteiger partial charge in [0.05, 0.1) is 24.2 Å². The average molecular weight is 489 g/mol. The van der Waals surface area contributed by atoms with Gasteiger partial charge in [0.25, 0.3) is 0 Å². The minimum absolute atomic E-state index is 0.0545. The van der Waals surface area contributed by atoms with Gasteiger partial charge in [-0.3, -0.25) is 4.79 Å². The Labute approximate surface area is 211 Å². The molecule has 0 heterocycles. The van der Waals surface area contributed by atoms with E-state index >= 15 is 0 Å². The molecule has 4 fully saturated rings. The van der Waals surface area contributed by atoms with Crippen molar-refractivity contribution in [2.24, 2.45) is 56.7 Å². The van der Waals surface area contributed by atoms with Crippen molar-refractivity contribution in [3.8, 4) is 0 Å². The highest BCUT2D eigenvalue weighted by molar-refractivity contribution is 5.76. The highest BCUT2D eigenvalue weighted by Crippen LogP contribution is 2.75.